The summed E-state index contributed by atoms with van der Waals surface area (Å²) in [6, 6.07) is 5.61. The molecule has 0 aliphatic carbocycles. The van der Waals surface area contributed by atoms with Gasteiger partial charge in [0.15, 0.2) is 0 Å². The third-order valence-electron chi connectivity index (χ3n) is 3.65. The monoisotopic (exact) mass is 396 g/mol. The fourth-order valence-electron chi connectivity index (χ4n) is 2.29. The van der Waals surface area contributed by atoms with Gasteiger partial charge in [-0.25, -0.2) is 8.42 Å². The molecule has 1 aromatic heterocycles. The topological polar surface area (TPSA) is 101 Å². The van der Waals surface area contributed by atoms with Gasteiger partial charge < -0.3 is 0 Å². The second-order valence-electron chi connectivity index (χ2n) is 6.46. The van der Waals surface area contributed by atoms with Gasteiger partial charge in [-0.1, -0.05) is 49.8 Å². The number of carbonyl (C=O) groups excluding carboxylic acids is 1. The lowest BCUT2D eigenvalue weighted by Crippen LogP contribution is -2.44. The van der Waals surface area contributed by atoms with Crippen LogP contribution < -0.4 is 10.0 Å². The quantitative estimate of drug-likeness (QED) is 0.714. The minimum absolute atomic E-state index is 0.132. The molecule has 1 aromatic carbocycles. The Morgan fingerprint density at radius 1 is 1.19 bits per heavy atom. The van der Waals surface area contributed by atoms with Crippen molar-refractivity contribution in [2.45, 2.75) is 51.5 Å². The summed E-state index contributed by atoms with van der Waals surface area (Å²) in [5.74, 6) is -0.305. The largest absolute Gasteiger partial charge is 0.299 e. The Bertz CT molecular complexity index is 845. The molecule has 1 atom stereocenters. The smallest absolute Gasteiger partial charge is 0.244 e. The van der Waals surface area contributed by atoms with Crippen molar-refractivity contribution >= 4 is 32.4 Å². The predicted octanol–water partition coefficient (Wildman–Crippen LogP) is 2.74. The Morgan fingerprint density at radius 2 is 1.85 bits per heavy atom. The number of anilines is 1. The van der Waals surface area contributed by atoms with Gasteiger partial charge in [0.25, 0.3) is 0 Å². The Balaban J connectivity index is 2.17. The Labute approximate surface area is 158 Å². The molecule has 142 valence electrons. The zero-order valence-electron chi connectivity index (χ0n) is 15.3. The maximum Gasteiger partial charge on any atom is 0.244 e. The summed E-state index contributed by atoms with van der Waals surface area (Å²) < 4.78 is 27.8. The minimum atomic E-state index is -3.80. The Hall–Kier alpha value is -1.84. The van der Waals surface area contributed by atoms with Crippen LogP contribution in [0.3, 0.4) is 0 Å². The van der Waals surface area contributed by atoms with Gasteiger partial charge in [-0.3, -0.25) is 10.1 Å². The number of carbonyl (C=O) groups is 1. The maximum absolute atomic E-state index is 12.6. The average Bonchev–Trinajstić information content (AvgIpc) is 3.01. The van der Waals surface area contributed by atoms with E-state index in [9.17, 15) is 13.2 Å². The summed E-state index contributed by atoms with van der Waals surface area (Å²) in [5.41, 5.74) is 0.962. The molecule has 0 saturated carbocycles. The van der Waals surface area contributed by atoms with Gasteiger partial charge >= 0.3 is 0 Å². The summed E-state index contributed by atoms with van der Waals surface area (Å²) in [6.45, 7) is 7.69. The summed E-state index contributed by atoms with van der Waals surface area (Å²) in [6.07, 6.45) is 1.10. The molecule has 0 spiro atoms. The molecule has 0 saturated heterocycles. The minimum Gasteiger partial charge on any atom is -0.299 e. The van der Waals surface area contributed by atoms with E-state index in [0.717, 1.165) is 17.0 Å². The molecule has 0 unspecified atom stereocenters. The second-order valence-corrected chi connectivity index (χ2v) is 9.24. The van der Waals surface area contributed by atoms with Crippen LogP contribution in [0.5, 0.6) is 0 Å². The molecule has 1 amide bonds. The van der Waals surface area contributed by atoms with E-state index in [-0.39, 0.29) is 10.8 Å². The highest BCUT2D eigenvalue weighted by atomic mass is 32.2. The van der Waals surface area contributed by atoms with Gasteiger partial charge in [0.1, 0.15) is 11.0 Å². The number of sulfonamides is 1. The van der Waals surface area contributed by atoms with Crippen LogP contribution in [-0.4, -0.2) is 30.6 Å². The van der Waals surface area contributed by atoms with Crippen LogP contribution in [-0.2, 0) is 21.2 Å². The molecule has 1 heterocycles. The third-order valence-corrected chi connectivity index (χ3v) is 6.12. The normalized spacial score (nSPS) is 13.0. The lowest BCUT2D eigenvalue weighted by atomic mass is 10.0. The number of hydrogen-bond donors (Lipinski definition) is 2. The Kier molecular flexibility index (Phi) is 6.85. The molecular weight excluding hydrogens is 372 g/mol. The molecule has 0 bridgehead atoms. The van der Waals surface area contributed by atoms with E-state index in [4.69, 9.17) is 0 Å². The number of rotatable bonds is 8. The molecule has 2 aromatic rings. The van der Waals surface area contributed by atoms with Crippen molar-refractivity contribution in [2.75, 3.05) is 5.32 Å². The number of amides is 1. The molecule has 9 heteroatoms. The first-order chi connectivity index (χ1) is 12.2. The molecule has 26 heavy (non-hydrogen) atoms. The average molecular weight is 397 g/mol. The zero-order chi connectivity index (χ0) is 19.3. The van der Waals surface area contributed by atoms with E-state index in [1.165, 1.54) is 23.5 Å². The van der Waals surface area contributed by atoms with Crippen molar-refractivity contribution in [1.82, 2.24) is 14.9 Å². The van der Waals surface area contributed by atoms with Crippen molar-refractivity contribution in [3.05, 3.63) is 34.8 Å². The van der Waals surface area contributed by atoms with Crippen LogP contribution in [0.15, 0.2) is 29.2 Å². The van der Waals surface area contributed by atoms with Crippen molar-refractivity contribution < 1.29 is 13.2 Å². The van der Waals surface area contributed by atoms with Crippen LogP contribution >= 0.6 is 11.3 Å². The number of aromatic nitrogens is 2. The van der Waals surface area contributed by atoms with E-state index in [0.29, 0.717) is 11.6 Å². The number of hydrogen-bond acceptors (Lipinski definition) is 6. The third kappa shape index (κ3) is 5.58. The van der Waals surface area contributed by atoms with E-state index >= 15 is 0 Å². The van der Waals surface area contributed by atoms with Gasteiger partial charge in [-0.15, -0.1) is 10.2 Å². The molecule has 7 nitrogen and oxygen atoms in total. The van der Waals surface area contributed by atoms with Crippen LogP contribution in [0, 0.1) is 12.8 Å². The highest BCUT2D eigenvalue weighted by molar-refractivity contribution is 7.89. The summed E-state index contributed by atoms with van der Waals surface area (Å²) in [4.78, 5) is 12.7. The molecule has 0 aliphatic rings. The molecular formula is C17H24N4O3S2. The molecule has 0 fully saturated rings. The van der Waals surface area contributed by atoms with E-state index in [1.807, 2.05) is 27.7 Å². The SMILES string of the molecule is CCc1nnc(NC(=O)[C@@H](CC(C)C)NS(=O)(=O)c2ccc(C)cc2)s1. The van der Waals surface area contributed by atoms with Crippen molar-refractivity contribution in [3.63, 3.8) is 0 Å². The number of nitrogens with zero attached hydrogens (tertiary/aromatic N) is 2. The van der Waals surface area contributed by atoms with Crippen molar-refractivity contribution in [2.24, 2.45) is 5.92 Å². The van der Waals surface area contributed by atoms with Crippen molar-refractivity contribution in [3.8, 4) is 0 Å². The van der Waals surface area contributed by atoms with Crippen LogP contribution in [0.4, 0.5) is 5.13 Å². The first-order valence-electron chi connectivity index (χ1n) is 8.43. The Morgan fingerprint density at radius 3 is 2.38 bits per heavy atom. The van der Waals surface area contributed by atoms with E-state index in [1.54, 1.807) is 12.1 Å². The van der Waals surface area contributed by atoms with Crippen molar-refractivity contribution in [1.29, 1.82) is 0 Å². The molecule has 0 aliphatic heterocycles. The fourth-order valence-corrected chi connectivity index (χ4v) is 4.18. The van der Waals surface area contributed by atoms with Gasteiger partial charge in [-0.2, -0.15) is 4.72 Å². The summed E-state index contributed by atoms with van der Waals surface area (Å²) in [7, 11) is -3.80. The van der Waals surface area contributed by atoms with Gasteiger partial charge in [0.2, 0.25) is 21.1 Å². The van der Waals surface area contributed by atoms with Gasteiger partial charge in [-0.05, 0) is 37.8 Å². The molecule has 2 rings (SSSR count). The van der Waals surface area contributed by atoms with Crippen LogP contribution in [0.25, 0.3) is 0 Å². The second kappa shape index (κ2) is 8.70. The first-order valence-corrected chi connectivity index (χ1v) is 10.7. The zero-order valence-corrected chi connectivity index (χ0v) is 16.9. The molecule has 0 radical (unpaired) electrons. The summed E-state index contributed by atoms with van der Waals surface area (Å²) in [5, 5.41) is 11.7. The highest BCUT2D eigenvalue weighted by Crippen LogP contribution is 2.18. The first kappa shape index (κ1) is 20.5. The van der Waals surface area contributed by atoms with Crippen LogP contribution in [0.2, 0.25) is 0 Å². The van der Waals surface area contributed by atoms with Gasteiger partial charge in [0, 0.05) is 0 Å². The lowest BCUT2D eigenvalue weighted by molar-refractivity contribution is -0.118. The van der Waals surface area contributed by atoms with E-state index in [2.05, 4.69) is 20.2 Å². The highest BCUT2D eigenvalue weighted by Gasteiger charge is 2.27. The number of nitrogens with one attached hydrogen (secondary N) is 2. The number of aryl methyl sites for hydroxylation is 2. The maximum atomic E-state index is 12.6. The lowest BCUT2D eigenvalue weighted by Gasteiger charge is -2.19. The van der Waals surface area contributed by atoms with Crippen LogP contribution in [0.1, 0.15) is 37.8 Å². The summed E-state index contributed by atoms with van der Waals surface area (Å²) >= 11 is 1.28. The predicted molar refractivity (Wildman–Crippen MR) is 103 cm³/mol. The molecule has 2 N–H and O–H groups in total. The van der Waals surface area contributed by atoms with Gasteiger partial charge in [0.05, 0.1) is 4.90 Å². The van der Waals surface area contributed by atoms with E-state index < -0.39 is 22.0 Å². The standard InChI is InChI=1S/C17H24N4O3S2/c1-5-15-19-20-17(25-15)18-16(22)14(10-11(2)3)21-26(23,24)13-8-6-12(4)7-9-13/h6-9,11,14,21H,5,10H2,1-4H3,(H,18,20,22)/t14-/m1/s1. The fraction of sp³-hybridized carbons (Fsp3) is 0.471. The number of benzene rings is 1.